The average Bonchev–Trinajstić information content (AvgIpc) is 2.55. The van der Waals surface area contributed by atoms with Crippen LogP contribution in [0.1, 0.15) is 37.0 Å². The molecule has 1 fully saturated rings. The lowest BCUT2D eigenvalue weighted by Gasteiger charge is -2.32. The Kier molecular flexibility index (Phi) is 6.61. The van der Waals surface area contributed by atoms with Crippen LogP contribution in [0.25, 0.3) is 0 Å². The predicted octanol–water partition coefficient (Wildman–Crippen LogP) is 2.29. The number of nitrogens with zero attached hydrogens (tertiary/aromatic N) is 1. The number of carbonyl (C=O) groups is 2. The highest BCUT2D eigenvalue weighted by molar-refractivity contribution is 5.95. The highest BCUT2D eigenvalue weighted by atomic mass is 16.2. The summed E-state index contributed by atoms with van der Waals surface area (Å²) in [6.45, 7) is 6.37. The molecule has 1 unspecified atom stereocenters. The molecule has 6 nitrogen and oxygen atoms in total. The SMILES string of the molecule is CNCC1CCCN(C(=O)c2ccc(NC(=O)NC(C)C)cc2)C1. The molecule has 0 spiro atoms. The molecule has 1 aromatic rings. The molecule has 1 aromatic carbocycles. The zero-order valence-electron chi connectivity index (χ0n) is 14.8. The van der Waals surface area contributed by atoms with Crippen LogP contribution in [0.4, 0.5) is 10.5 Å². The van der Waals surface area contributed by atoms with Gasteiger partial charge in [0.05, 0.1) is 0 Å². The summed E-state index contributed by atoms with van der Waals surface area (Å²) in [5, 5.41) is 8.72. The van der Waals surface area contributed by atoms with Crippen LogP contribution in [0.2, 0.25) is 0 Å². The molecule has 1 atom stereocenters. The number of anilines is 1. The van der Waals surface area contributed by atoms with E-state index in [9.17, 15) is 9.59 Å². The lowest BCUT2D eigenvalue weighted by molar-refractivity contribution is 0.0674. The summed E-state index contributed by atoms with van der Waals surface area (Å²) >= 11 is 0. The maximum atomic E-state index is 12.6. The monoisotopic (exact) mass is 332 g/mol. The van der Waals surface area contributed by atoms with E-state index >= 15 is 0 Å². The number of benzene rings is 1. The van der Waals surface area contributed by atoms with Gasteiger partial charge in [0.1, 0.15) is 0 Å². The lowest BCUT2D eigenvalue weighted by Crippen LogP contribution is -2.42. The van der Waals surface area contributed by atoms with Gasteiger partial charge in [0.2, 0.25) is 0 Å². The summed E-state index contributed by atoms with van der Waals surface area (Å²) < 4.78 is 0. The summed E-state index contributed by atoms with van der Waals surface area (Å²) in [5.41, 5.74) is 1.34. The Morgan fingerprint density at radius 1 is 1.25 bits per heavy atom. The average molecular weight is 332 g/mol. The molecule has 0 saturated carbocycles. The van der Waals surface area contributed by atoms with E-state index in [4.69, 9.17) is 0 Å². The minimum atomic E-state index is -0.241. The third-order valence-electron chi connectivity index (χ3n) is 4.11. The van der Waals surface area contributed by atoms with E-state index in [1.54, 1.807) is 24.3 Å². The molecule has 6 heteroatoms. The minimum absolute atomic E-state index is 0.0639. The lowest BCUT2D eigenvalue weighted by atomic mass is 9.97. The number of carbonyl (C=O) groups excluding carboxylic acids is 2. The molecule has 24 heavy (non-hydrogen) atoms. The zero-order valence-corrected chi connectivity index (χ0v) is 14.8. The zero-order chi connectivity index (χ0) is 17.5. The van der Waals surface area contributed by atoms with Crippen molar-refractivity contribution < 1.29 is 9.59 Å². The molecule has 1 heterocycles. The van der Waals surface area contributed by atoms with Crippen molar-refractivity contribution in [2.75, 3.05) is 32.0 Å². The smallest absolute Gasteiger partial charge is 0.319 e. The molecule has 1 aliphatic rings. The predicted molar refractivity (Wildman–Crippen MR) is 96.3 cm³/mol. The molecule has 0 bridgehead atoms. The Hall–Kier alpha value is -2.08. The van der Waals surface area contributed by atoms with Crippen LogP contribution in [-0.2, 0) is 0 Å². The normalized spacial score (nSPS) is 17.7. The number of hydrogen-bond donors (Lipinski definition) is 3. The van der Waals surface area contributed by atoms with Gasteiger partial charge in [-0.15, -0.1) is 0 Å². The van der Waals surface area contributed by atoms with E-state index in [0.29, 0.717) is 17.2 Å². The first-order chi connectivity index (χ1) is 11.5. The van der Waals surface area contributed by atoms with Crippen LogP contribution in [-0.4, -0.2) is 49.6 Å². The van der Waals surface area contributed by atoms with Crippen LogP contribution in [0, 0.1) is 5.92 Å². The quantitative estimate of drug-likeness (QED) is 0.774. The van der Waals surface area contributed by atoms with E-state index in [-0.39, 0.29) is 18.0 Å². The fourth-order valence-corrected chi connectivity index (χ4v) is 3.01. The number of likely N-dealkylation sites (tertiary alicyclic amines) is 1. The van der Waals surface area contributed by atoms with Crippen molar-refractivity contribution in [1.29, 1.82) is 0 Å². The van der Waals surface area contributed by atoms with Gasteiger partial charge in [-0.1, -0.05) is 0 Å². The second-order valence-corrected chi connectivity index (χ2v) is 6.65. The third kappa shape index (κ3) is 5.23. The van der Waals surface area contributed by atoms with Crippen molar-refractivity contribution in [2.24, 2.45) is 5.92 Å². The molecule has 0 aliphatic carbocycles. The van der Waals surface area contributed by atoms with E-state index in [0.717, 1.165) is 26.1 Å². The van der Waals surface area contributed by atoms with Crippen molar-refractivity contribution in [2.45, 2.75) is 32.7 Å². The summed E-state index contributed by atoms with van der Waals surface area (Å²) in [4.78, 5) is 26.2. The van der Waals surface area contributed by atoms with Gasteiger partial charge < -0.3 is 20.9 Å². The highest BCUT2D eigenvalue weighted by Gasteiger charge is 2.24. The van der Waals surface area contributed by atoms with Crippen LogP contribution < -0.4 is 16.0 Å². The molecular weight excluding hydrogens is 304 g/mol. The minimum Gasteiger partial charge on any atom is -0.338 e. The summed E-state index contributed by atoms with van der Waals surface area (Å²) in [6, 6.07) is 6.92. The Labute approximate surface area is 144 Å². The fourth-order valence-electron chi connectivity index (χ4n) is 3.01. The second kappa shape index (κ2) is 8.68. The number of nitrogens with one attached hydrogen (secondary N) is 3. The van der Waals surface area contributed by atoms with Crippen molar-refractivity contribution in [1.82, 2.24) is 15.5 Å². The summed E-state index contributed by atoms with van der Waals surface area (Å²) in [7, 11) is 1.95. The molecule has 3 amide bonds. The number of hydrogen-bond acceptors (Lipinski definition) is 3. The van der Waals surface area contributed by atoms with E-state index in [1.165, 1.54) is 6.42 Å². The van der Waals surface area contributed by atoms with E-state index in [1.807, 2.05) is 25.8 Å². The van der Waals surface area contributed by atoms with Crippen molar-refractivity contribution >= 4 is 17.6 Å². The Morgan fingerprint density at radius 2 is 1.96 bits per heavy atom. The summed E-state index contributed by atoms with van der Waals surface area (Å²) in [5.74, 6) is 0.586. The number of piperidine rings is 1. The van der Waals surface area contributed by atoms with Gasteiger partial charge in [-0.3, -0.25) is 4.79 Å². The van der Waals surface area contributed by atoms with Crippen molar-refractivity contribution in [3.05, 3.63) is 29.8 Å². The third-order valence-corrected chi connectivity index (χ3v) is 4.11. The number of rotatable bonds is 5. The highest BCUT2D eigenvalue weighted by Crippen LogP contribution is 2.19. The molecule has 0 radical (unpaired) electrons. The Bertz CT molecular complexity index is 555. The first-order valence-corrected chi connectivity index (χ1v) is 8.61. The van der Waals surface area contributed by atoms with Crippen molar-refractivity contribution in [3.8, 4) is 0 Å². The number of urea groups is 1. The second-order valence-electron chi connectivity index (χ2n) is 6.65. The first-order valence-electron chi connectivity index (χ1n) is 8.61. The van der Waals surface area contributed by atoms with E-state index in [2.05, 4.69) is 16.0 Å². The molecule has 1 aliphatic heterocycles. The van der Waals surface area contributed by atoms with Crippen LogP contribution >= 0.6 is 0 Å². The molecule has 3 N–H and O–H groups in total. The summed E-state index contributed by atoms with van der Waals surface area (Å²) in [6.07, 6.45) is 2.21. The maximum Gasteiger partial charge on any atom is 0.319 e. The number of amides is 3. The largest absolute Gasteiger partial charge is 0.338 e. The first kappa shape index (κ1) is 18.3. The van der Waals surface area contributed by atoms with Crippen LogP contribution in [0.5, 0.6) is 0 Å². The van der Waals surface area contributed by atoms with Gasteiger partial charge >= 0.3 is 6.03 Å². The van der Waals surface area contributed by atoms with Gasteiger partial charge in [0.15, 0.2) is 0 Å². The van der Waals surface area contributed by atoms with Gasteiger partial charge in [-0.05, 0) is 70.5 Å². The van der Waals surface area contributed by atoms with Gasteiger partial charge in [0, 0.05) is 30.4 Å². The van der Waals surface area contributed by atoms with Gasteiger partial charge in [0.25, 0.3) is 5.91 Å². The van der Waals surface area contributed by atoms with Gasteiger partial charge in [-0.2, -0.15) is 0 Å². The topological polar surface area (TPSA) is 73.5 Å². The standard InChI is InChI=1S/C18H28N4O2/c1-13(2)20-18(24)21-16-8-6-15(7-9-16)17(23)22-10-4-5-14(12-22)11-19-3/h6-9,13-14,19H,4-5,10-12H2,1-3H3,(H2,20,21,24). The fraction of sp³-hybridized carbons (Fsp3) is 0.556. The van der Waals surface area contributed by atoms with Crippen LogP contribution in [0.15, 0.2) is 24.3 Å². The maximum absolute atomic E-state index is 12.6. The Balaban J connectivity index is 1.94. The molecule has 1 saturated heterocycles. The van der Waals surface area contributed by atoms with Gasteiger partial charge in [-0.25, -0.2) is 4.79 Å². The Morgan fingerprint density at radius 3 is 2.58 bits per heavy atom. The van der Waals surface area contributed by atoms with E-state index < -0.39 is 0 Å². The molecule has 2 rings (SSSR count). The molecular formula is C18H28N4O2. The molecule has 132 valence electrons. The van der Waals surface area contributed by atoms with Crippen LogP contribution in [0.3, 0.4) is 0 Å². The van der Waals surface area contributed by atoms with Crippen molar-refractivity contribution in [3.63, 3.8) is 0 Å². The molecule has 0 aromatic heterocycles.